The second-order valence-corrected chi connectivity index (χ2v) is 4.98. The molecule has 18 heavy (non-hydrogen) atoms. The van der Waals surface area contributed by atoms with E-state index in [2.05, 4.69) is 29.2 Å². The Labute approximate surface area is 111 Å². The molecule has 0 spiro atoms. The molecule has 0 aliphatic carbocycles. The zero-order valence-electron chi connectivity index (χ0n) is 9.94. The summed E-state index contributed by atoms with van der Waals surface area (Å²) in [5.74, 6) is 0. The monoisotopic (exact) mass is 259 g/mol. The lowest BCUT2D eigenvalue weighted by atomic mass is 10.1. The molecule has 0 radical (unpaired) electrons. The van der Waals surface area contributed by atoms with E-state index in [1.54, 1.807) is 0 Å². The molecular formula is C15H14ClNO. The van der Waals surface area contributed by atoms with Gasteiger partial charge in [0.1, 0.15) is 0 Å². The van der Waals surface area contributed by atoms with Crippen molar-refractivity contribution in [3.05, 3.63) is 64.2 Å². The van der Waals surface area contributed by atoms with Gasteiger partial charge in [-0.05, 0) is 28.8 Å². The van der Waals surface area contributed by atoms with Crippen molar-refractivity contribution in [2.24, 2.45) is 0 Å². The molecule has 2 nitrogen and oxygen atoms in total. The van der Waals surface area contributed by atoms with E-state index < -0.39 is 0 Å². The SMILES string of the molecule is OCc1ccc(N2Cc3ccccc3C2)c(Cl)c1. The molecule has 0 bridgehead atoms. The number of aliphatic hydroxyl groups excluding tert-OH is 1. The molecule has 1 aliphatic rings. The van der Waals surface area contributed by atoms with Crippen LogP contribution in [-0.2, 0) is 19.7 Å². The van der Waals surface area contributed by atoms with Crippen molar-refractivity contribution in [2.75, 3.05) is 4.90 Å². The van der Waals surface area contributed by atoms with Crippen molar-refractivity contribution in [3.8, 4) is 0 Å². The second kappa shape index (κ2) is 4.63. The number of aliphatic hydroxyl groups is 1. The van der Waals surface area contributed by atoms with Gasteiger partial charge in [0, 0.05) is 13.1 Å². The number of anilines is 1. The molecule has 1 aliphatic heterocycles. The predicted octanol–water partition coefficient (Wildman–Crippen LogP) is 3.35. The molecule has 2 aromatic rings. The third-order valence-corrected chi connectivity index (χ3v) is 3.68. The van der Waals surface area contributed by atoms with Crippen molar-refractivity contribution in [1.82, 2.24) is 0 Å². The van der Waals surface area contributed by atoms with Crippen molar-refractivity contribution < 1.29 is 5.11 Å². The molecule has 0 saturated carbocycles. The number of hydrogen-bond acceptors (Lipinski definition) is 2. The third kappa shape index (κ3) is 1.98. The minimum atomic E-state index is 0.0280. The molecule has 0 saturated heterocycles. The maximum Gasteiger partial charge on any atom is 0.0682 e. The molecule has 1 heterocycles. The Morgan fingerprint density at radius 2 is 1.72 bits per heavy atom. The number of benzene rings is 2. The molecule has 1 N–H and O–H groups in total. The van der Waals surface area contributed by atoms with E-state index in [1.807, 2.05) is 18.2 Å². The molecular weight excluding hydrogens is 246 g/mol. The Morgan fingerprint density at radius 1 is 1.06 bits per heavy atom. The second-order valence-electron chi connectivity index (χ2n) is 4.57. The first kappa shape index (κ1) is 11.6. The fourth-order valence-electron chi connectivity index (χ4n) is 2.41. The minimum absolute atomic E-state index is 0.0280. The summed E-state index contributed by atoms with van der Waals surface area (Å²) >= 11 is 6.28. The van der Waals surface area contributed by atoms with Gasteiger partial charge in [0.05, 0.1) is 17.3 Å². The van der Waals surface area contributed by atoms with Gasteiger partial charge in [0.25, 0.3) is 0 Å². The van der Waals surface area contributed by atoms with Crippen molar-refractivity contribution in [3.63, 3.8) is 0 Å². The highest BCUT2D eigenvalue weighted by Gasteiger charge is 2.20. The van der Waals surface area contributed by atoms with Crippen molar-refractivity contribution in [1.29, 1.82) is 0 Å². The lowest BCUT2D eigenvalue weighted by Crippen LogP contribution is -2.14. The van der Waals surface area contributed by atoms with Crippen molar-refractivity contribution >= 4 is 17.3 Å². The first-order valence-electron chi connectivity index (χ1n) is 5.99. The summed E-state index contributed by atoms with van der Waals surface area (Å²) < 4.78 is 0. The average molecular weight is 260 g/mol. The zero-order valence-corrected chi connectivity index (χ0v) is 10.7. The van der Waals surface area contributed by atoms with Gasteiger partial charge in [-0.2, -0.15) is 0 Å². The first-order valence-corrected chi connectivity index (χ1v) is 6.37. The molecule has 3 rings (SSSR count). The summed E-state index contributed by atoms with van der Waals surface area (Å²) in [7, 11) is 0. The first-order chi connectivity index (χ1) is 8.78. The number of rotatable bonds is 2. The summed E-state index contributed by atoms with van der Waals surface area (Å²) in [6.07, 6.45) is 0. The van der Waals surface area contributed by atoms with Gasteiger partial charge in [0.2, 0.25) is 0 Å². The molecule has 0 unspecified atom stereocenters. The van der Waals surface area contributed by atoms with Crippen LogP contribution in [0.1, 0.15) is 16.7 Å². The molecule has 0 amide bonds. The maximum atomic E-state index is 9.09. The maximum absolute atomic E-state index is 9.09. The smallest absolute Gasteiger partial charge is 0.0682 e. The highest BCUT2D eigenvalue weighted by molar-refractivity contribution is 6.33. The number of hydrogen-bond donors (Lipinski definition) is 1. The standard InChI is InChI=1S/C15H14ClNO/c16-14-7-11(10-18)5-6-15(14)17-8-12-3-1-2-4-13(12)9-17/h1-7,18H,8-10H2. The van der Waals surface area contributed by atoms with Crippen molar-refractivity contribution in [2.45, 2.75) is 19.7 Å². The number of nitrogens with zero attached hydrogens (tertiary/aromatic N) is 1. The van der Waals surface area contributed by atoms with E-state index in [1.165, 1.54) is 11.1 Å². The van der Waals surface area contributed by atoms with Crippen LogP contribution in [0.3, 0.4) is 0 Å². The minimum Gasteiger partial charge on any atom is -0.392 e. The summed E-state index contributed by atoms with van der Waals surface area (Å²) in [6.45, 7) is 1.82. The number of fused-ring (bicyclic) bond motifs is 1. The molecule has 2 aromatic carbocycles. The molecule has 3 heteroatoms. The van der Waals surface area contributed by atoms with Crippen LogP contribution in [-0.4, -0.2) is 5.11 Å². The highest BCUT2D eigenvalue weighted by Crippen LogP contribution is 2.33. The van der Waals surface area contributed by atoms with Crippen LogP contribution in [0.15, 0.2) is 42.5 Å². The topological polar surface area (TPSA) is 23.5 Å². The van der Waals surface area contributed by atoms with Crippen LogP contribution < -0.4 is 4.90 Å². The lowest BCUT2D eigenvalue weighted by Gasteiger charge is -2.19. The Hall–Kier alpha value is -1.51. The Morgan fingerprint density at radius 3 is 2.28 bits per heavy atom. The van der Waals surface area contributed by atoms with E-state index in [9.17, 15) is 0 Å². The largest absolute Gasteiger partial charge is 0.392 e. The Balaban J connectivity index is 1.90. The van der Waals surface area contributed by atoms with Gasteiger partial charge in [0.15, 0.2) is 0 Å². The highest BCUT2D eigenvalue weighted by atomic mass is 35.5. The van der Waals surface area contributed by atoms with E-state index in [0.717, 1.165) is 24.3 Å². The van der Waals surface area contributed by atoms with Gasteiger partial charge in [-0.25, -0.2) is 0 Å². The van der Waals surface area contributed by atoms with Gasteiger partial charge < -0.3 is 10.0 Å². The van der Waals surface area contributed by atoms with Crippen LogP contribution >= 0.6 is 11.6 Å². The lowest BCUT2D eigenvalue weighted by molar-refractivity contribution is 0.282. The van der Waals surface area contributed by atoms with E-state index >= 15 is 0 Å². The Kier molecular flexibility index (Phi) is 2.98. The van der Waals surface area contributed by atoms with Crippen LogP contribution in [0.25, 0.3) is 0 Å². The van der Waals surface area contributed by atoms with Crippen LogP contribution in [0.2, 0.25) is 5.02 Å². The fraction of sp³-hybridized carbons (Fsp3) is 0.200. The molecule has 92 valence electrons. The third-order valence-electron chi connectivity index (χ3n) is 3.38. The van der Waals surface area contributed by atoms with Gasteiger partial charge in [-0.3, -0.25) is 0 Å². The van der Waals surface area contributed by atoms with Crippen LogP contribution in [0.5, 0.6) is 0 Å². The predicted molar refractivity (Wildman–Crippen MR) is 73.7 cm³/mol. The summed E-state index contributed by atoms with van der Waals surface area (Å²) in [6, 6.07) is 14.2. The Bertz CT molecular complexity index is 557. The van der Waals surface area contributed by atoms with Gasteiger partial charge in [-0.15, -0.1) is 0 Å². The zero-order chi connectivity index (χ0) is 12.5. The van der Waals surface area contributed by atoms with E-state index in [-0.39, 0.29) is 6.61 Å². The molecule has 0 fully saturated rings. The fourth-order valence-corrected chi connectivity index (χ4v) is 2.73. The molecule has 0 aromatic heterocycles. The van der Waals surface area contributed by atoms with E-state index in [4.69, 9.17) is 16.7 Å². The van der Waals surface area contributed by atoms with Gasteiger partial charge >= 0.3 is 0 Å². The molecule has 0 atom stereocenters. The van der Waals surface area contributed by atoms with Crippen LogP contribution in [0, 0.1) is 0 Å². The summed E-state index contributed by atoms with van der Waals surface area (Å²) in [5, 5.41) is 9.79. The van der Waals surface area contributed by atoms with Gasteiger partial charge in [-0.1, -0.05) is 41.9 Å². The average Bonchev–Trinajstić information content (AvgIpc) is 2.81. The quantitative estimate of drug-likeness (QED) is 0.894. The number of halogens is 1. The summed E-state index contributed by atoms with van der Waals surface area (Å²) in [4.78, 5) is 2.26. The van der Waals surface area contributed by atoms with Crippen LogP contribution in [0.4, 0.5) is 5.69 Å². The normalized spacial score (nSPS) is 13.8. The van der Waals surface area contributed by atoms with E-state index in [0.29, 0.717) is 5.02 Å². The summed E-state index contributed by atoms with van der Waals surface area (Å²) in [5.41, 5.74) is 4.60.